The fourth-order valence-electron chi connectivity index (χ4n) is 4.23. The average Bonchev–Trinajstić information content (AvgIpc) is 3.30. The highest BCUT2D eigenvalue weighted by molar-refractivity contribution is 6.20. The van der Waals surface area contributed by atoms with E-state index in [1.54, 1.807) is 37.3 Å². The number of benzene rings is 2. The van der Waals surface area contributed by atoms with Crippen LogP contribution in [0.1, 0.15) is 53.8 Å². The number of hydrogen-bond donors (Lipinski definition) is 0. The van der Waals surface area contributed by atoms with Crippen LogP contribution in [0.25, 0.3) is 5.69 Å². The molecule has 0 saturated carbocycles. The molecule has 1 aliphatic carbocycles. The topological polar surface area (TPSA) is 45.5 Å². The third-order valence-corrected chi connectivity index (χ3v) is 6.17. The van der Waals surface area contributed by atoms with Gasteiger partial charge in [-0.15, -0.1) is 20.4 Å². The Balaban J connectivity index is 1.44. The van der Waals surface area contributed by atoms with Crippen LogP contribution in [0.15, 0.2) is 42.5 Å². The Morgan fingerprint density at radius 2 is 1.91 bits per heavy atom. The van der Waals surface area contributed by atoms with Gasteiger partial charge in [0.2, 0.25) is 0 Å². The lowest BCUT2D eigenvalue weighted by Gasteiger charge is -2.20. The van der Waals surface area contributed by atoms with E-state index < -0.39 is 29.6 Å². The number of ether oxygens (including phenoxy) is 3. The zero-order chi connectivity index (χ0) is 24.3. The summed E-state index contributed by atoms with van der Waals surface area (Å²) in [7, 11) is 0. The second kappa shape index (κ2) is 8.04. The Kier molecular flexibility index (Phi) is 5.38. The molecule has 1 aliphatic heterocycles. The molecule has 0 amide bonds. The van der Waals surface area contributed by atoms with Crippen molar-refractivity contribution in [1.82, 2.24) is 9.78 Å². The Bertz CT molecular complexity index is 1240. The number of rotatable bonds is 4. The first-order chi connectivity index (χ1) is 16.0. The van der Waals surface area contributed by atoms with E-state index in [0.29, 0.717) is 35.5 Å². The standard InChI is InChI=1S/C23H18ClF5N2O3/c1-12(13-8-9-18-19(10-13)34-23(28,29)33-18)32-15-5-2-4-14(11-15)31-20-16(6-3-7-17(20)24)21(30-31)22(25,26)27/h2,4-5,8-12,17H,3,6-7H2,1H3. The zero-order valence-corrected chi connectivity index (χ0v) is 18.5. The van der Waals surface area contributed by atoms with Crippen LogP contribution in [0.2, 0.25) is 0 Å². The van der Waals surface area contributed by atoms with E-state index in [1.165, 1.54) is 16.8 Å². The summed E-state index contributed by atoms with van der Waals surface area (Å²) < 4.78 is 83.4. The van der Waals surface area contributed by atoms with Crippen molar-refractivity contribution in [3.8, 4) is 22.9 Å². The Morgan fingerprint density at radius 1 is 1.15 bits per heavy atom. The van der Waals surface area contributed by atoms with E-state index >= 15 is 0 Å². The maximum Gasteiger partial charge on any atom is 0.586 e. The first-order valence-corrected chi connectivity index (χ1v) is 11.0. The van der Waals surface area contributed by atoms with Gasteiger partial charge in [0.05, 0.1) is 16.8 Å². The van der Waals surface area contributed by atoms with Gasteiger partial charge in [-0.2, -0.15) is 18.3 Å². The molecule has 2 aliphatic rings. The van der Waals surface area contributed by atoms with Gasteiger partial charge in [0.25, 0.3) is 0 Å². The molecule has 2 atom stereocenters. The zero-order valence-electron chi connectivity index (χ0n) is 17.7. The summed E-state index contributed by atoms with van der Waals surface area (Å²) in [5.74, 6) is 0.165. The van der Waals surface area contributed by atoms with Gasteiger partial charge < -0.3 is 14.2 Å². The van der Waals surface area contributed by atoms with Crippen molar-refractivity contribution in [2.24, 2.45) is 0 Å². The molecule has 2 unspecified atom stereocenters. The highest BCUT2D eigenvalue weighted by Crippen LogP contribution is 2.44. The summed E-state index contributed by atoms with van der Waals surface area (Å²) in [5, 5.41) is 3.27. The van der Waals surface area contributed by atoms with E-state index in [9.17, 15) is 22.0 Å². The van der Waals surface area contributed by atoms with Gasteiger partial charge in [-0.3, -0.25) is 0 Å². The third kappa shape index (κ3) is 4.15. The van der Waals surface area contributed by atoms with Gasteiger partial charge in [0.15, 0.2) is 17.2 Å². The van der Waals surface area contributed by atoms with Crippen molar-refractivity contribution in [1.29, 1.82) is 0 Å². The molecule has 0 N–H and O–H groups in total. The van der Waals surface area contributed by atoms with Crippen LogP contribution in [0.4, 0.5) is 22.0 Å². The molecule has 2 aromatic carbocycles. The van der Waals surface area contributed by atoms with Crippen molar-refractivity contribution >= 4 is 11.6 Å². The third-order valence-electron chi connectivity index (χ3n) is 5.74. The van der Waals surface area contributed by atoms with Gasteiger partial charge in [-0.1, -0.05) is 12.1 Å². The van der Waals surface area contributed by atoms with E-state index in [1.807, 2.05) is 0 Å². The van der Waals surface area contributed by atoms with Crippen molar-refractivity contribution in [3.63, 3.8) is 0 Å². The van der Waals surface area contributed by atoms with E-state index in [4.69, 9.17) is 16.3 Å². The quantitative estimate of drug-likeness (QED) is 0.287. The molecular weight excluding hydrogens is 483 g/mol. The Labute approximate surface area is 196 Å². The number of hydrogen-bond acceptors (Lipinski definition) is 4. The molecule has 0 bridgehead atoms. The average molecular weight is 501 g/mol. The van der Waals surface area contributed by atoms with Crippen molar-refractivity contribution in [2.75, 3.05) is 0 Å². The first-order valence-electron chi connectivity index (χ1n) is 10.5. The molecule has 5 nitrogen and oxygen atoms in total. The lowest BCUT2D eigenvalue weighted by molar-refractivity contribution is -0.286. The fourth-order valence-corrected chi connectivity index (χ4v) is 4.61. The number of fused-ring (bicyclic) bond motifs is 2. The van der Waals surface area contributed by atoms with Gasteiger partial charge in [0.1, 0.15) is 11.9 Å². The number of halogens is 6. The molecule has 2 heterocycles. The first kappa shape index (κ1) is 22.8. The number of nitrogens with zero attached hydrogens (tertiary/aromatic N) is 2. The predicted octanol–water partition coefficient (Wildman–Crippen LogP) is 6.97. The molecule has 3 aromatic rings. The lowest BCUT2D eigenvalue weighted by Crippen LogP contribution is -2.25. The Hall–Kier alpha value is -3.01. The fraction of sp³-hybridized carbons (Fsp3) is 0.348. The van der Waals surface area contributed by atoms with Crippen molar-refractivity contribution in [2.45, 2.75) is 50.1 Å². The molecule has 1 aromatic heterocycles. The van der Waals surface area contributed by atoms with E-state index in [-0.39, 0.29) is 23.5 Å². The maximum absolute atomic E-state index is 13.6. The number of alkyl halides is 6. The molecule has 11 heteroatoms. The van der Waals surface area contributed by atoms with Gasteiger partial charge >= 0.3 is 12.5 Å². The minimum Gasteiger partial charge on any atom is -0.486 e. The summed E-state index contributed by atoms with van der Waals surface area (Å²) >= 11 is 6.40. The monoisotopic (exact) mass is 500 g/mol. The number of aromatic nitrogens is 2. The van der Waals surface area contributed by atoms with Crippen molar-refractivity contribution in [3.05, 3.63) is 65.0 Å². The van der Waals surface area contributed by atoms with Crippen LogP contribution in [-0.2, 0) is 12.6 Å². The highest BCUT2D eigenvalue weighted by atomic mass is 35.5. The largest absolute Gasteiger partial charge is 0.586 e. The molecule has 0 saturated heterocycles. The summed E-state index contributed by atoms with van der Waals surface area (Å²) in [6.07, 6.45) is -7.55. The van der Waals surface area contributed by atoms with Crippen molar-refractivity contribution < 1.29 is 36.2 Å². The van der Waals surface area contributed by atoms with Crippen LogP contribution in [0.3, 0.4) is 0 Å². The molecule has 34 heavy (non-hydrogen) atoms. The summed E-state index contributed by atoms with van der Waals surface area (Å²) in [5.41, 5.74) is 0.443. The molecular formula is C23H18ClF5N2O3. The second-order valence-electron chi connectivity index (χ2n) is 8.11. The molecule has 5 rings (SSSR count). The lowest BCUT2D eigenvalue weighted by atomic mass is 9.95. The van der Waals surface area contributed by atoms with Crippen LogP contribution in [0, 0.1) is 0 Å². The highest BCUT2D eigenvalue weighted by Gasteiger charge is 2.44. The molecule has 0 radical (unpaired) electrons. The summed E-state index contributed by atoms with van der Waals surface area (Å²) in [6.45, 7) is 1.70. The van der Waals surface area contributed by atoms with Gasteiger partial charge in [0, 0.05) is 11.6 Å². The van der Waals surface area contributed by atoms with Crippen LogP contribution < -0.4 is 14.2 Å². The molecule has 180 valence electrons. The molecule has 0 spiro atoms. The normalized spacial score (nSPS) is 19.6. The van der Waals surface area contributed by atoms with Gasteiger partial charge in [-0.05, 0) is 56.0 Å². The van der Waals surface area contributed by atoms with E-state index in [2.05, 4.69) is 14.6 Å². The van der Waals surface area contributed by atoms with Gasteiger partial charge in [-0.25, -0.2) is 4.68 Å². The smallest absolute Gasteiger partial charge is 0.486 e. The minimum absolute atomic E-state index is 0.0810. The minimum atomic E-state index is -4.60. The summed E-state index contributed by atoms with van der Waals surface area (Å²) in [4.78, 5) is 0. The van der Waals surface area contributed by atoms with Crippen LogP contribution >= 0.6 is 11.6 Å². The maximum atomic E-state index is 13.6. The summed E-state index contributed by atoms with van der Waals surface area (Å²) in [6, 6.07) is 10.8. The molecule has 0 fully saturated rings. The van der Waals surface area contributed by atoms with E-state index in [0.717, 1.165) is 0 Å². The second-order valence-corrected chi connectivity index (χ2v) is 8.64. The predicted molar refractivity (Wildman–Crippen MR) is 112 cm³/mol. The van der Waals surface area contributed by atoms with Crippen LogP contribution in [0.5, 0.6) is 17.2 Å². The van der Waals surface area contributed by atoms with Crippen LogP contribution in [-0.4, -0.2) is 16.1 Å². The Morgan fingerprint density at radius 3 is 2.68 bits per heavy atom. The SMILES string of the molecule is CC(Oc1cccc(-n2nc(C(F)(F)F)c3c2C(Cl)CCC3)c1)c1ccc2c(c1)OC(F)(F)O2.